The van der Waals surface area contributed by atoms with Crippen LogP contribution in [0.15, 0.2) is 0 Å². The van der Waals surface area contributed by atoms with Crippen molar-refractivity contribution in [3.63, 3.8) is 0 Å². The van der Waals surface area contributed by atoms with Gasteiger partial charge in [-0.2, -0.15) is 0 Å². The molecular weight excluding hydrogens is 258 g/mol. The molecule has 3 unspecified atom stereocenters. The summed E-state index contributed by atoms with van der Waals surface area (Å²) in [5.41, 5.74) is -0.560. The Labute approximate surface area is 122 Å². The maximum atomic E-state index is 11.8. The summed E-state index contributed by atoms with van der Waals surface area (Å²) < 4.78 is 5.22. The molecule has 120 valence electrons. The Bertz CT molecular complexity index is 286. The molecular formula is C15H31NO4. The van der Waals surface area contributed by atoms with Gasteiger partial charge in [0.25, 0.3) is 0 Å². The molecule has 0 aliphatic carbocycles. The van der Waals surface area contributed by atoms with Crippen molar-refractivity contribution in [3.05, 3.63) is 0 Å². The summed E-state index contributed by atoms with van der Waals surface area (Å²) in [4.78, 5) is 11.8. The molecule has 0 saturated heterocycles. The first-order valence-corrected chi connectivity index (χ1v) is 7.33. The second kappa shape index (κ2) is 8.47. The van der Waals surface area contributed by atoms with Crippen LogP contribution in [-0.4, -0.2) is 40.7 Å². The number of nitrogens with one attached hydrogen (secondary N) is 1. The average molecular weight is 289 g/mol. The summed E-state index contributed by atoms with van der Waals surface area (Å²) in [5, 5.41) is 22.0. The number of hydrogen-bond acceptors (Lipinski definition) is 4. The van der Waals surface area contributed by atoms with Crippen molar-refractivity contribution in [2.24, 2.45) is 11.8 Å². The second-order valence-corrected chi connectivity index (χ2v) is 6.97. The number of aliphatic hydroxyl groups is 2. The molecule has 1 amide bonds. The van der Waals surface area contributed by atoms with Crippen LogP contribution in [0.2, 0.25) is 0 Å². The number of hydrogen-bond donors (Lipinski definition) is 3. The summed E-state index contributed by atoms with van der Waals surface area (Å²) in [5.74, 6) is 0.342. The Morgan fingerprint density at radius 2 is 1.75 bits per heavy atom. The molecule has 0 fully saturated rings. The predicted octanol–water partition coefficient (Wildman–Crippen LogP) is 2.31. The summed E-state index contributed by atoms with van der Waals surface area (Å²) in [6.45, 7) is 11.4. The van der Waals surface area contributed by atoms with E-state index < -0.39 is 17.8 Å². The van der Waals surface area contributed by atoms with Crippen LogP contribution < -0.4 is 5.32 Å². The van der Waals surface area contributed by atoms with Crippen LogP contribution in [0.4, 0.5) is 4.79 Å². The molecule has 0 radical (unpaired) electrons. The van der Waals surface area contributed by atoms with Gasteiger partial charge in [0.2, 0.25) is 0 Å². The summed E-state index contributed by atoms with van der Waals surface area (Å²) in [6.07, 6.45) is -0.0895. The zero-order valence-corrected chi connectivity index (χ0v) is 13.6. The van der Waals surface area contributed by atoms with Crippen LogP contribution in [0.5, 0.6) is 0 Å². The summed E-state index contributed by atoms with van der Waals surface area (Å²) in [7, 11) is 0. The van der Waals surface area contributed by atoms with Gasteiger partial charge >= 0.3 is 6.09 Å². The van der Waals surface area contributed by atoms with E-state index in [0.29, 0.717) is 18.8 Å². The van der Waals surface area contributed by atoms with E-state index in [1.807, 2.05) is 20.8 Å². The van der Waals surface area contributed by atoms with E-state index in [1.54, 1.807) is 20.8 Å². The molecule has 0 heterocycles. The molecule has 20 heavy (non-hydrogen) atoms. The van der Waals surface area contributed by atoms with Crippen molar-refractivity contribution in [1.29, 1.82) is 0 Å². The lowest BCUT2D eigenvalue weighted by Crippen LogP contribution is -2.46. The van der Waals surface area contributed by atoms with E-state index >= 15 is 0 Å². The Kier molecular flexibility index (Phi) is 8.13. The minimum absolute atomic E-state index is 0.0000915. The maximum Gasteiger partial charge on any atom is 0.407 e. The number of alkyl carbamates (subject to hydrolysis) is 1. The van der Waals surface area contributed by atoms with E-state index in [2.05, 4.69) is 5.32 Å². The van der Waals surface area contributed by atoms with Gasteiger partial charge in [-0.05, 0) is 45.4 Å². The topological polar surface area (TPSA) is 78.8 Å². The van der Waals surface area contributed by atoms with E-state index in [-0.39, 0.29) is 18.6 Å². The maximum absolute atomic E-state index is 11.8. The summed E-state index contributed by atoms with van der Waals surface area (Å²) >= 11 is 0. The number of carbonyl (C=O) groups is 1. The number of amides is 1. The molecule has 3 atom stereocenters. The molecule has 0 saturated carbocycles. The largest absolute Gasteiger partial charge is 0.444 e. The van der Waals surface area contributed by atoms with Gasteiger partial charge < -0.3 is 20.3 Å². The molecule has 0 aromatic heterocycles. The van der Waals surface area contributed by atoms with E-state index in [4.69, 9.17) is 9.84 Å². The van der Waals surface area contributed by atoms with Crippen LogP contribution in [0, 0.1) is 11.8 Å². The Morgan fingerprint density at radius 3 is 2.15 bits per heavy atom. The molecule has 5 heteroatoms. The van der Waals surface area contributed by atoms with Crippen molar-refractivity contribution in [2.75, 3.05) is 6.61 Å². The molecule has 3 N–H and O–H groups in total. The third-order valence-corrected chi connectivity index (χ3v) is 2.85. The lowest BCUT2D eigenvalue weighted by Gasteiger charge is -2.28. The first-order chi connectivity index (χ1) is 9.05. The van der Waals surface area contributed by atoms with Gasteiger partial charge in [-0.25, -0.2) is 4.79 Å². The minimum atomic E-state index is -0.688. The van der Waals surface area contributed by atoms with Crippen molar-refractivity contribution >= 4 is 6.09 Å². The SMILES string of the molecule is CC(C)CC(NC(=O)OC(C)(C)C)C(O)CC(C)CO. The molecule has 0 bridgehead atoms. The molecule has 0 aromatic rings. The average Bonchev–Trinajstić information content (AvgIpc) is 2.24. The van der Waals surface area contributed by atoms with Crippen LogP contribution >= 0.6 is 0 Å². The molecule has 0 aliphatic rings. The van der Waals surface area contributed by atoms with E-state index in [0.717, 1.165) is 0 Å². The monoisotopic (exact) mass is 289 g/mol. The van der Waals surface area contributed by atoms with Gasteiger partial charge in [-0.3, -0.25) is 0 Å². The first kappa shape index (κ1) is 19.2. The normalized spacial score (nSPS) is 16.6. The lowest BCUT2D eigenvalue weighted by atomic mass is 9.93. The van der Waals surface area contributed by atoms with Gasteiger partial charge in [0, 0.05) is 6.61 Å². The van der Waals surface area contributed by atoms with Gasteiger partial charge in [0.15, 0.2) is 0 Å². The highest BCUT2D eigenvalue weighted by molar-refractivity contribution is 5.68. The van der Waals surface area contributed by atoms with Crippen LogP contribution in [0.3, 0.4) is 0 Å². The fourth-order valence-corrected chi connectivity index (χ4v) is 1.93. The third kappa shape index (κ3) is 9.15. The first-order valence-electron chi connectivity index (χ1n) is 7.33. The third-order valence-electron chi connectivity index (χ3n) is 2.85. The van der Waals surface area contributed by atoms with E-state index in [9.17, 15) is 9.90 Å². The quantitative estimate of drug-likeness (QED) is 0.672. The van der Waals surface area contributed by atoms with Gasteiger partial charge in [0.05, 0.1) is 12.1 Å². The Hall–Kier alpha value is -0.810. The summed E-state index contributed by atoms with van der Waals surface area (Å²) in [6, 6.07) is -0.362. The number of aliphatic hydroxyl groups excluding tert-OH is 2. The molecule has 0 spiro atoms. The predicted molar refractivity (Wildman–Crippen MR) is 79.5 cm³/mol. The minimum Gasteiger partial charge on any atom is -0.444 e. The van der Waals surface area contributed by atoms with Crippen LogP contribution in [0.25, 0.3) is 0 Å². The van der Waals surface area contributed by atoms with Crippen molar-refractivity contribution in [2.45, 2.75) is 72.1 Å². The van der Waals surface area contributed by atoms with Gasteiger partial charge in [-0.1, -0.05) is 20.8 Å². The molecule has 0 aliphatic heterocycles. The number of ether oxygens (including phenoxy) is 1. The van der Waals surface area contributed by atoms with Gasteiger partial charge in [-0.15, -0.1) is 0 Å². The van der Waals surface area contributed by atoms with Crippen molar-refractivity contribution < 1.29 is 19.7 Å². The lowest BCUT2D eigenvalue weighted by molar-refractivity contribution is 0.0355. The zero-order chi connectivity index (χ0) is 15.9. The van der Waals surface area contributed by atoms with Crippen molar-refractivity contribution in [1.82, 2.24) is 5.32 Å². The highest BCUT2D eigenvalue weighted by atomic mass is 16.6. The molecule has 0 rings (SSSR count). The van der Waals surface area contributed by atoms with Crippen LogP contribution in [0.1, 0.15) is 54.4 Å². The van der Waals surface area contributed by atoms with E-state index in [1.165, 1.54) is 0 Å². The number of rotatable bonds is 7. The number of carbonyl (C=O) groups excluding carboxylic acids is 1. The fourth-order valence-electron chi connectivity index (χ4n) is 1.93. The Morgan fingerprint density at radius 1 is 1.20 bits per heavy atom. The highest BCUT2D eigenvalue weighted by Gasteiger charge is 2.26. The fraction of sp³-hybridized carbons (Fsp3) is 0.933. The standard InChI is InChI=1S/C15H31NO4/c1-10(2)7-12(13(18)8-11(3)9-17)16-14(19)20-15(4,5)6/h10-13,17-18H,7-9H2,1-6H3,(H,16,19). The second-order valence-electron chi connectivity index (χ2n) is 6.97. The highest BCUT2D eigenvalue weighted by Crippen LogP contribution is 2.16. The van der Waals surface area contributed by atoms with Crippen LogP contribution in [-0.2, 0) is 4.74 Å². The van der Waals surface area contributed by atoms with Gasteiger partial charge in [0.1, 0.15) is 5.60 Å². The molecule has 5 nitrogen and oxygen atoms in total. The Balaban J connectivity index is 4.59. The zero-order valence-electron chi connectivity index (χ0n) is 13.6. The van der Waals surface area contributed by atoms with Crippen molar-refractivity contribution in [3.8, 4) is 0 Å². The smallest absolute Gasteiger partial charge is 0.407 e. The molecule has 0 aromatic carbocycles.